The molecule has 3 atom stereocenters. The largest absolute Gasteiger partial charge is 0.0776 e. The van der Waals surface area contributed by atoms with Crippen molar-refractivity contribution >= 4 is 0 Å². The second-order valence-electron chi connectivity index (χ2n) is 6.18. The Morgan fingerprint density at radius 3 is 2.14 bits per heavy atom. The van der Waals surface area contributed by atoms with E-state index in [1.165, 1.54) is 44.9 Å². The molecular formula is C14H28. The highest BCUT2D eigenvalue weighted by molar-refractivity contribution is 4.99. The van der Waals surface area contributed by atoms with Crippen molar-refractivity contribution in [1.29, 1.82) is 0 Å². The van der Waals surface area contributed by atoms with E-state index in [9.17, 15) is 0 Å². The smallest absolute Gasteiger partial charge is 0.0269 e. The van der Waals surface area contributed by atoms with Crippen LogP contribution in [0, 0.1) is 16.7 Å². The van der Waals surface area contributed by atoms with E-state index in [1.54, 1.807) is 0 Å². The monoisotopic (exact) mass is 196 g/mol. The zero-order valence-electron chi connectivity index (χ0n) is 9.53. The van der Waals surface area contributed by atoms with E-state index in [2.05, 4.69) is 20.8 Å². The molecule has 2 saturated carbocycles. The minimum atomic E-state index is 0. The lowest BCUT2D eigenvalue weighted by Gasteiger charge is -2.55. The highest BCUT2D eigenvalue weighted by Gasteiger charge is 2.48. The molecule has 2 aliphatic rings. The van der Waals surface area contributed by atoms with E-state index < -0.39 is 0 Å². The predicted octanol–water partition coefficient (Wildman–Crippen LogP) is 5.03. The van der Waals surface area contributed by atoms with Gasteiger partial charge >= 0.3 is 0 Å². The molecule has 2 rings (SSSR count). The van der Waals surface area contributed by atoms with Gasteiger partial charge in [-0.1, -0.05) is 47.5 Å². The summed E-state index contributed by atoms with van der Waals surface area (Å²) >= 11 is 0. The lowest BCUT2D eigenvalue weighted by atomic mass is 9.50. The third-order valence-corrected chi connectivity index (χ3v) is 5.15. The van der Waals surface area contributed by atoms with Crippen molar-refractivity contribution < 1.29 is 0 Å². The third-order valence-electron chi connectivity index (χ3n) is 5.15. The Morgan fingerprint density at radius 1 is 0.929 bits per heavy atom. The van der Waals surface area contributed by atoms with Gasteiger partial charge in [0.05, 0.1) is 0 Å². The molecule has 0 saturated heterocycles. The Kier molecular flexibility index (Phi) is 3.33. The van der Waals surface area contributed by atoms with Gasteiger partial charge in [0, 0.05) is 0 Å². The number of hydrogen-bond donors (Lipinski definition) is 0. The van der Waals surface area contributed by atoms with Crippen LogP contribution >= 0.6 is 0 Å². The summed E-state index contributed by atoms with van der Waals surface area (Å²) in [6.45, 7) is 7.55. The zero-order chi connectivity index (χ0) is 9.53. The van der Waals surface area contributed by atoms with Crippen molar-refractivity contribution in [2.45, 2.75) is 73.1 Å². The second kappa shape index (κ2) is 3.87. The molecule has 0 aromatic heterocycles. The van der Waals surface area contributed by atoms with Gasteiger partial charge in [-0.25, -0.2) is 0 Å². The molecule has 0 spiro atoms. The van der Waals surface area contributed by atoms with Crippen LogP contribution in [0.3, 0.4) is 0 Å². The van der Waals surface area contributed by atoms with Gasteiger partial charge in [-0.3, -0.25) is 0 Å². The maximum absolute atomic E-state index is 2.56. The Balaban J connectivity index is 0.000000980. The molecule has 0 heteroatoms. The Morgan fingerprint density at radius 2 is 1.50 bits per heavy atom. The summed E-state index contributed by atoms with van der Waals surface area (Å²) in [6, 6.07) is 0. The molecule has 0 aromatic rings. The first kappa shape index (κ1) is 12.1. The van der Waals surface area contributed by atoms with Crippen LogP contribution in [-0.2, 0) is 0 Å². The number of rotatable bonds is 0. The lowest BCUT2D eigenvalue weighted by Crippen LogP contribution is -2.44. The van der Waals surface area contributed by atoms with Gasteiger partial charge in [0.25, 0.3) is 0 Å². The van der Waals surface area contributed by atoms with Crippen LogP contribution in [0.2, 0.25) is 0 Å². The van der Waals surface area contributed by atoms with Crippen molar-refractivity contribution in [3.05, 3.63) is 0 Å². The fourth-order valence-electron chi connectivity index (χ4n) is 3.85. The van der Waals surface area contributed by atoms with Crippen LogP contribution in [0.15, 0.2) is 0 Å². The van der Waals surface area contributed by atoms with Gasteiger partial charge in [0.1, 0.15) is 0 Å². The quantitative estimate of drug-likeness (QED) is 0.510. The van der Waals surface area contributed by atoms with Crippen molar-refractivity contribution in [3.8, 4) is 0 Å². The normalized spacial score (nSPS) is 47.8. The summed E-state index contributed by atoms with van der Waals surface area (Å²) < 4.78 is 0. The first-order valence-corrected chi connectivity index (χ1v) is 6.06. The van der Waals surface area contributed by atoms with Gasteiger partial charge in [-0.15, -0.1) is 0 Å². The first-order chi connectivity index (χ1) is 6.06. The summed E-state index contributed by atoms with van der Waals surface area (Å²) in [5, 5.41) is 0. The van der Waals surface area contributed by atoms with E-state index in [0.717, 1.165) is 5.92 Å². The molecule has 1 unspecified atom stereocenters. The van der Waals surface area contributed by atoms with Gasteiger partial charge < -0.3 is 0 Å². The fraction of sp³-hybridized carbons (Fsp3) is 1.00. The zero-order valence-corrected chi connectivity index (χ0v) is 9.53. The van der Waals surface area contributed by atoms with Crippen molar-refractivity contribution in [1.82, 2.24) is 0 Å². The van der Waals surface area contributed by atoms with E-state index in [-0.39, 0.29) is 7.43 Å². The average Bonchev–Trinajstić information content (AvgIpc) is 2.07. The molecule has 2 aliphatic carbocycles. The number of fused-ring (bicyclic) bond motifs is 1. The van der Waals surface area contributed by atoms with Crippen LogP contribution in [0.4, 0.5) is 0 Å². The highest BCUT2D eigenvalue weighted by atomic mass is 14.5. The molecule has 0 nitrogen and oxygen atoms in total. The minimum absolute atomic E-state index is 0. The maximum Gasteiger partial charge on any atom is -0.0269 e. The van der Waals surface area contributed by atoms with Gasteiger partial charge in [-0.2, -0.15) is 0 Å². The average molecular weight is 196 g/mol. The predicted molar refractivity (Wildman–Crippen MR) is 64.4 cm³/mol. The van der Waals surface area contributed by atoms with Crippen molar-refractivity contribution in [2.75, 3.05) is 0 Å². The topological polar surface area (TPSA) is 0 Å². The van der Waals surface area contributed by atoms with Gasteiger partial charge in [0.15, 0.2) is 0 Å². The maximum atomic E-state index is 2.56. The van der Waals surface area contributed by atoms with E-state index in [1.807, 2.05) is 0 Å². The molecular weight excluding hydrogens is 168 g/mol. The summed E-state index contributed by atoms with van der Waals surface area (Å²) in [5.74, 6) is 0.983. The van der Waals surface area contributed by atoms with Gasteiger partial charge in [-0.05, 0) is 42.4 Å². The summed E-state index contributed by atoms with van der Waals surface area (Å²) in [6.07, 6.45) is 10.4. The Bertz CT molecular complexity index is 196. The summed E-state index contributed by atoms with van der Waals surface area (Å²) in [4.78, 5) is 0. The van der Waals surface area contributed by atoms with Crippen molar-refractivity contribution in [2.24, 2.45) is 16.7 Å². The van der Waals surface area contributed by atoms with Gasteiger partial charge in [0.2, 0.25) is 0 Å². The molecule has 2 fully saturated rings. The molecule has 84 valence electrons. The molecule has 0 N–H and O–H groups in total. The molecule has 0 bridgehead atoms. The van der Waals surface area contributed by atoms with Crippen LogP contribution in [0.5, 0.6) is 0 Å². The van der Waals surface area contributed by atoms with E-state index >= 15 is 0 Å². The molecule has 0 amide bonds. The fourth-order valence-corrected chi connectivity index (χ4v) is 3.85. The summed E-state index contributed by atoms with van der Waals surface area (Å²) in [5.41, 5.74) is 1.38. The number of hydrogen-bond acceptors (Lipinski definition) is 0. The van der Waals surface area contributed by atoms with Crippen LogP contribution < -0.4 is 0 Å². The van der Waals surface area contributed by atoms with E-state index in [4.69, 9.17) is 0 Å². The Hall–Kier alpha value is 0. The van der Waals surface area contributed by atoms with Crippen molar-refractivity contribution in [3.63, 3.8) is 0 Å². The summed E-state index contributed by atoms with van der Waals surface area (Å²) in [7, 11) is 0. The minimum Gasteiger partial charge on any atom is -0.0776 e. The molecule has 0 heterocycles. The van der Waals surface area contributed by atoms with Crippen LogP contribution in [-0.4, -0.2) is 0 Å². The molecule has 0 radical (unpaired) electrons. The van der Waals surface area contributed by atoms with E-state index in [0.29, 0.717) is 10.8 Å². The first-order valence-electron chi connectivity index (χ1n) is 6.06. The molecule has 0 aromatic carbocycles. The van der Waals surface area contributed by atoms with Crippen LogP contribution in [0.1, 0.15) is 73.1 Å². The third kappa shape index (κ3) is 1.73. The molecule has 0 aliphatic heterocycles. The standard InChI is InChI=1S/C13H24.CH4/c1-11-6-9-12(2)7-4-5-8-13(12,3)10-11;/h11H,4-10H2,1-3H3;1H4/t11?,12-,13-;/m0./s1. The van der Waals surface area contributed by atoms with Crippen LogP contribution in [0.25, 0.3) is 0 Å². The Labute approximate surface area is 90.5 Å². The second-order valence-corrected chi connectivity index (χ2v) is 6.18. The SMILES string of the molecule is C.CC1CC[C@]2(C)CCCC[C@@]2(C)C1. The molecule has 14 heavy (non-hydrogen) atoms. The highest BCUT2D eigenvalue weighted by Crippen LogP contribution is 2.59. The lowest BCUT2D eigenvalue weighted by molar-refractivity contribution is -0.0448.